The van der Waals surface area contributed by atoms with E-state index in [9.17, 15) is 24.0 Å². The second kappa shape index (κ2) is 46.4. The predicted octanol–water partition coefficient (Wildman–Crippen LogP) is 3.25. The summed E-state index contributed by atoms with van der Waals surface area (Å²) in [7, 11) is 10.5. The number of hydrogen-bond donors (Lipinski definition) is 1. The molecular weight excluding hydrogens is 875 g/mol. The fourth-order valence-corrected chi connectivity index (χ4v) is 4.39. The van der Waals surface area contributed by atoms with Crippen molar-refractivity contribution < 1.29 is 105 Å². The number of aromatic carboxylic acids is 1. The Balaban J connectivity index is -0.000000102. The van der Waals surface area contributed by atoms with Gasteiger partial charge in [0.15, 0.2) is 6.29 Å². The fraction of sp³-hybridized carbons (Fsp3) is 0.340. The van der Waals surface area contributed by atoms with E-state index >= 15 is 0 Å². The Kier molecular flexibility index (Phi) is 53.3. The van der Waals surface area contributed by atoms with Crippen molar-refractivity contribution in [2.45, 2.75) is 42.0 Å². The number of esters is 3. The first kappa shape index (κ1) is 72.3. The van der Waals surface area contributed by atoms with Crippen molar-refractivity contribution in [3.8, 4) is 0 Å². The van der Waals surface area contributed by atoms with Crippen LogP contribution in [0.2, 0.25) is 0 Å². The zero-order chi connectivity index (χ0) is 42.8. The van der Waals surface area contributed by atoms with E-state index in [1.165, 1.54) is 27.6 Å². The van der Waals surface area contributed by atoms with Crippen LogP contribution in [0.4, 0.5) is 0 Å². The first-order valence-corrected chi connectivity index (χ1v) is 17.5. The normalized spacial score (nSPS) is 8.70. The summed E-state index contributed by atoms with van der Waals surface area (Å²) in [5.74, 6) is -2.01. The van der Waals surface area contributed by atoms with E-state index in [1.807, 2.05) is 49.4 Å². The van der Waals surface area contributed by atoms with Crippen LogP contribution < -0.4 is 35.8 Å². The van der Waals surface area contributed by atoms with Crippen molar-refractivity contribution in [2.75, 3.05) is 69.6 Å². The molecule has 0 saturated heterocycles. The van der Waals surface area contributed by atoms with E-state index in [4.69, 9.17) is 19.3 Å². The summed E-state index contributed by atoms with van der Waals surface area (Å²) in [5.41, 5.74) is 4.72. The number of carbonyl (C=O) groups excluding carboxylic acids is 4. The van der Waals surface area contributed by atoms with Gasteiger partial charge in [0.2, 0.25) is 0 Å². The average molecular weight is 945 g/mol. The molecule has 350 valence electrons. The van der Waals surface area contributed by atoms with Gasteiger partial charge in [-0.2, -0.15) is 0 Å². The van der Waals surface area contributed by atoms with Gasteiger partial charge in [-0.05, 0) is 66.8 Å². The Morgan fingerprint density at radius 2 is 0.889 bits per heavy atom. The van der Waals surface area contributed by atoms with Crippen molar-refractivity contribution in [1.29, 1.82) is 0 Å². The standard InChI is InChI=1S/C11H14O3.C11H12O3.C10H12O3.C9H8O3.C3H8O.3CH4.BrH.Li.H2O.H2/c2*1-13-8-7-9-5-3-4-6-10(9)11(12)14-2;1-13-7-6-8-4-2-3-5-9(8)10(11)12;1-12-9(11)8-5-3-2-4-7(8)6-10;1-3-4-2;;;;;;;/h3-6H,7-8H2,1-2H3;3-8H,1-2H3;2-5H,6-7H2,1H3,(H,11,12);2-6H,1H3;3H2,1-2H3;3*1H4;1H;;1H2;1H/q;;;;;;;;;+1;;/p-2/b;8-7+;;;;;;;;;;. The van der Waals surface area contributed by atoms with Gasteiger partial charge in [-0.1, -0.05) is 95.1 Å². The molecule has 0 unspecified atom stereocenters. The van der Waals surface area contributed by atoms with Crippen molar-refractivity contribution in [1.82, 2.24) is 0 Å². The van der Waals surface area contributed by atoms with E-state index in [2.05, 4.69) is 18.9 Å². The molecule has 4 rings (SSSR count). The van der Waals surface area contributed by atoms with Gasteiger partial charge in [-0.25, -0.2) is 19.2 Å². The fourth-order valence-electron chi connectivity index (χ4n) is 4.39. The molecule has 16 heteroatoms. The molecular formula is C47H69BrLiO14-. The van der Waals surface area contributed by atoms with Gasteiger partial charge >= 0.3 is 42.7 Å². The van der Waals surface area contributed by atoms with Crippen molar-refractivity contribution in [3.05, 3.63) is 148 Å². The van der Waals surface area contributed by atoms with Crippen molar-refractivity contribution in [3.63, 3.8) is 0 Å². The second-order valence-corrected chi connectivity index (χ2v) is 11.0. The number of carboxylic acid groups (broad SMARTS) is 1. The number of carboxylic acids is 1. The molecule has 0 aliphatic heterocycles. The molecule has 4 aromatic carbocycles. The van der Waals surface area contributed by atoms with Crippen LogP contribution in [-0.4, -0.2) is 110 Å². The quantitative estimate of drug-likeness (QED) is 0.0635. The Labute approximate surface area is 399 Å². The van der Waals surface area contributed by atoms with Gasteiger partial charge in [-0.3, -0.25) is 4.79 Å². The van der Waals surface area contributed by atoms with Crippen LogP contribution in [0, 0.1) is 0 Å². The van der Waals surface area contributed by atoms with Gasteiger partial charge in [0.05, 0.1) is 70.2 Å². The average Bonchev–Trinajstić information content (AvgIpc) is 3.26. The van der Waals surface area contributed by atoms with Crippen LogP contribution in [0.5, 0.6) is 0 Å². The molecule has 0 bridgehead atoms. The predicted molar refractivity (Wildman–Crippen MR) is 241 cm³/mol. The van der Waals surface area contributed by atoms with E-state index in [-0.39, 0.29) is 77.0 Å². The third kappa shape index (κ3) is 29.8. The Hall–Kier alpha value is -5.11. The summed E-state index contributed by atoms with van der Waals surface area (Å²) >= 11 is 0. The van der Waals surface area contributed by atoms with Gasteiger partial charge in [0.25, 0.3) is 0 Å². The summed E-state index contributed by atoms with van der Waals surface area (Å²) in [6.07, 6.45) is 5.22. The summed E-state index contributed by atoms with van der Waals surface area (Å²) in [5, 5.41) is 8.82. The van der Waals surface area contributed by atoms with E-state index in [0.717, 1.165) is 29.7 Å². The number of halogens is 1. The van der Waals surface area contributed by atoms with Crippen LogP contribution in [0.3, 0.4) is 0 Å². The first-order chi connectivity index (χ1) is 27.5. The topological polar surface area (TPSA) is 200 Å². The third-order valence-corrected chi connectivity index (χ3v) is 7.35. The number of carbonyl (C=O) groups is 5. The van der Waals surface area contributed by atoms with Crippen LogP contribution in [0.1, 0.15) is 99.1 Å². The number of rotatable bonds is 14. The molecule has 0 heterocycles. The molecule has 0 aliphatic carbocycles. The van der Waals surface area contributed by atoms with Crippen molar-refractivity contribution in [2.24, 2.45) is 0 Å². The Morgan fingerprint density at radius 3 is 1.25 bits per heavy atom. The summed E-state index contributed by atoms with van der Waals surface area (Å²) < 4.78 is 33.0. The molecule has 0 spiro atoms. The minimum absolute atomic E-state index is 0. The molecule has 0 saturated carbocycles. The summed E-state index contributed by atoms with van der Waals surface area (Å²) in [4.78, 5) is 54.8. The van der Waals surface area contributed by atoms with Gasteiger partial charge in [0.1, 0.15) is 0 Å². The van der Waals surface area contributed by atoms with Gasteiger partial charge < -0.3 is 60.7 Å². The van der Waals surface area contributed by atoms with Gasteiger partial charge in [0, 0.05) is 34.9 Å². The smallest absolute Gasteiger partial charge is 1.00 e. The third-order valence-electron chi connectivity index (χ3n) is 7.35. The molecule has 63 heavy (non-hydrogen) atoms. The molecule has 14 nitrogen and oxygen atoms in total. The number of ether oxygens (including phenoxy) is 7. The Bertz CT molecular complexity index is 1820. The first-order valence-electron chi connectivity index (χ1n) is 17.5. The van der Waals surface area contributed by atoms with Crippen LogP contribution in [0.15, 0.2) is 103 Å². The van der Waals surface area contributed by atoms with Crippen molar-refractivity contribution >= 4 is 36.2 Å². The minimum Gasteiger partial charge on any atom is -1.00 e. The second-order valence-electron chi connectivity index (χ2n) is 11.0. The maximum absolute atomic E-state index is 11.3. The van der Waals surface area contributed by atoms with Crippen LogP contribution in [-0.2, 0) is 46.0 Å². The van der Waals surface area contributed by atoms with E-state index < -0.39 is 11.9 Å². The number of benzene rings is 4. The number of methoxy groups -OCH3 is 7. The molecule has 0 atom stereocenters. The largest absolute Gasteiger partial charge is 1.00 e. The monoisotopic (exact) mass is 943 g/mol. The molecule has 0 aromatic heterocycles. The van der Waals surface area contributed by atoms with E-state index in [1.54, 1.807) is 89.1 Å². The Morgan fingerprint density at radius 1 is 0.556 bits per heavy atom. The number of aldehydes is 1. The maximum atomic E-state index is 11.3. The summed E-state index contributed by atoms with van der Waals surface area (Å²) in [6, 6.07) is 28.0. The molecule has 0 fully saturated rings. The molecule has 0 amide bonds. The zero-order valence-electron chi connectivity index (χ0n) is 35.7. The molecule has 0 aliphatic rings. The van der Waals surface area contributed by atoms with E-state index in [0.29, 0.717) is 53.7 Å². The summed E-state index contributed by atoms with van der Waals surface area (Å²) in [6.45, 7) is 3.93. The van der Waals surface area contributed by atoms with Crippen LogP contribution in [0.25, 0.3) is 6.08 Å². The minimum atomic E-state index is -0.883. The zero-order valence-corrected chi connectivity index (χ0v) is 37.3. The molecule has 2 N–H and O–H groups in total. The maximum Gasteiger partial charge on any atom is 1.00 e. The SMILES string of the molecule is C.C.C.CCOC.CO/C=C/c1ccccc1C(=O)OC.COC(=O)c1ccccc1C=O.COCCc1ccccc1C(=O)O.COCCc1ccccc1C(=O)OC.[Br-].[HH].[Li+].[OH-]. The number of hydrogen-bond acceptors (Lipinski definition) is 13. The van der Waals surface area contributed by atoms with Gasteiger partial charge in [-0.15, -0.1) is 0 Å². The van der Waals surface area contributed by atoms with Crippen LogP contribution >= 0.6 is 0 Å². The molecule has 4 aromatic rings. The molecule has 0 radical (unpaired) electrons.